The number of rotatable bonds is 4. The number of hydrogen-bond donors (Lipinski definition) is 1. The van der Waals surface area contributed by atoms with Gasteiger partial charge in [-0.2, -0.15) is 5.26 Å². The van der Waals surface area contributed by atoms with Gasteiger partial charge in [-0.3, -0.25) is 0 Å². The van der Waals surface area contributed by atoms with Gasteiger partial charge in [0.05, 0.1) is 5.02 Å². The van der Waals surface area contributed by atoms with Crippen LogP contribution in [0.3, 0.4) is 0 Å². The van der Waals surface area contributed by atoms with E-state index in [1.54, 1.807) is 48.5 Å². The van der Waals surface area contributed by atoms with Crippen LogP contribution in [-0.2, 0) is 4.79 Å². The summed E-state index contributed by atoms with van der Waals surface area (Å²) in [6.45, 7) is 0. The Hall–Kier alpha value is -2.48. The van der Waals surface area contributed by atoms with Crippen LogP contribution in [0, 0.1) is 11.3 Å². The summed E-state index contributed by atoms with van der Waals surface area (Å²) in [6.07, 6.45) is 1.28. The standard InChI is InChI=1S/C16H9Cl2NO3/c17-12-3-6-15(14(18)8-12)22-13-4-1-10(2-5-13)7-11(9-19)16(20)21/h1-8H,(H,20,21). The number of nitriles is 1. The first kappa shape index (κ1) is 15.9. The summed E-state index contributed by atoms with van der Waals surface area (Å²) in [6, 6.07) is 13.1. The van der Waals surface area contributed by atoms with Crippen molar-refractivity contribution in [2.45, 2.75) is 0 Å². The first-order valence-corrected chi connectivity index (χ1v) is 6.83. The van der Waals surface area contributed by atoms with Crippen LogP contribution in [0.1, 0.15) is 5.56 Å². The molecule has 0 unspecified atom stereocenters. The van der Waals surface area contributed by atoms with Gasteiger partial charge in [0, 0.05) is 5.02 Å². The summed E-state index contributed by atoms with van der Waals surface area (Å²) in [4.78, 5) is 10.8. The zero-order valence-electron chi connectivity index (χ0n) is 11.1. The number of benzene rings is 2. The molecular formula is C16H9Cl2NO3. The minimum atomic E-state index is -1.27. The van der Waals surface area contributed by atoms with Crippen LogP contribution in [0.5, 0.6) is 11.5 Å². The monoisotopic (exact) mass is 333 g/mol. The minimum absolute atomic E-state index is 0.339. The van der Waals surface area contributed by atoms with Crippen molar-refractivity contribution < 1.29 is 14.6 Å². The molecule has 1 N–H and O–H groups in total. The van der Waals surface area contributed by atoms with Gasteiger partial charge in [-0.1, -0.05) is 35.3 Å². The number of nitrogens with zero attached hydrogens (tertiary/aromatic N) is 1. The summed E-state index contributed by atoms with van der Waals surface area (Å²) in [5.41, 5.74) is 0.239. The van der Waals surface area contributed by atoms with Crippen molar-refractivity contribution >= 4 is 35.2 Å². The molecule has 0 heterocycles. The fourth-order valence-corrected chi connectivity index (χ4v) is 2.07. The fraction of sp³-hybridized carbons (Fsp3) is 0. The van der Waals surface area contributed by atoms with Crippen LogP contribution < -0.4 is 4.74 Å². The molecule has 0 radical (unpaired) electrons. The van der Waals surface area contributed by atoms with Gasteiger partial charge in [0.1, 0.15) is 23.1 Å². The maximum absolute atomic E-state index is 10.8. The first-order valence-electron chi connectivity index (χ1n) is 6.07. The molecule has 0 aliphatic carbocycles. The Balaban J connectivity index is 2.19. The smallest absolute Gasteiger partial charge is 0.346 e. The Morgan fingerprint density at radius 2 is 1.86 bits per heavy atom. The first-order chi connectivity index (χ1) is 10.5. The molecule has 2 aromatic rings. The highest BCUT2D eigenvalue weighted by atomic mass is 35.5. The van der Waals surface area contributed by atoms with Crippen molar-refractivity contribution in [3.05, 3.63) is 63.6 Å². The third-order valence-corrected chi connectivity index (χ3v) is 3.19. The number of hydrogen-bond acceptors (Lipinski definition) is 3. The van der Waals surface area contributed by atoms with E-state index in [1.807, 2.05) is 0 Å². The molecule has 4 nitrogen and oxygen atoms in total. The van der Waals surface area contributed by atoms with E-state index >= 15 is 0 Å². The Morgan fingerprint density at radius 3 is 2.41 bits per heavy atom. The van der Waals surface area contributed by atoms with E-state index in [0.717, 1.165) is 0 Å². The van der Waals surface area contributed by atoms with Crippen LogP contribution in [0.15, 0.2) is 48.0 Å². The number of ether oxygens (including phenoxy) is 1. The molecule has 2 rings (SSSR count). The summed E-state index contributed by atoms with van der Waals surface area (Å²) in [7, 11) is 0. The summed E-state index contributed by atoms with van der Waals surface area (Å²) in [5.74, 6) is -0.288. The largest absolute Gasteiger partial charge is 0.477 e. The number of halogens is 2. The second-order valence-corrected chi connectivity index (χ2v) is 5.06. The van der Waals surface area contributed by atoms with E-state index in [0.29, 0.717) is 27.1 Å². The second kappa shape index (κ2) is 6.99. The second-order valence-electron chi connectivity index (χ2n) is 4.22. The molecule has 0 aliphatic rings. The van der Waals surface area contributed by atoms with E-state index in [4.69, 9.17) is 38.3 Å². The van der Waals surface area contributed by atoms with E-state index in [-0.39, 0.29) is 5.57 Å². The quantitative estimate of drug-likeness (QED) is 0.645. The Morgan fingerprint density at radius 1 is 1.18 bits per heavy atom. The Bertz CT molecular complexity index is 777. The molecule has 6 heteroatoms. The van der Waals surface area contributed by atoms with Crippen LogP contribution in [0.25, 0.3) is 6.08 Å². The predicted molar refractivity (Wildman–Crippen MR) is 84.2 cm³/mol. The maximum atomic E-state index is 10.8. The predicted octanol–water partition coefficient (Wildman–Crippen LogP) is 4.78. The van der Waals surface area contributed by atoms with Crippen LogP contribution in [0.4, 0.5) is 0 Å². The van der Waals surface area contributed by atoms with Gasteiger partial charge in [0.15, 0.2) is 0 Å². The molecule has 0 aromatic heterocycles. The lowest BCUT2D eigenvalue weighted by Crippen LogP contribution is -1.97. The summed E-state index contributed by atoms with van der Waals surface area (Å²) in [5, 5.41) is 18.4. The average molecular weight is 334 g/mol. The number of carbonyl (C=O) groups is 1. The molecule has 110 valence electrons. The van der Waals surface area contributed by atoms with Gasteiger partial charge < -0.3 is 9.84 Å². The molecule has 22 heavy (non-hydrogen) atoms. The van der Waals surface area contributed by atoms with Crippen molar-refractivity contribution in [2.24, 2.45) is 0 Å². The molecule has 0 saturated carbocycles. The van der Waals surface area contributed by atoms with Crippen LogP contribution in [0.2, 0.25) is 10.0 Å². The highest BCUT2D eigenvalue weighted by Crippen LogP contribution is 2.31. The van der Waals surface area contributed by atoms with Gasteiger partial charge in [0.25, 0.3) is 0 Å². The molecule has 0 amide bonds. The van der Waals surface area contributed by atoms with Crippen molar-refractivity contribution in [1.82, 2.24) is 0 Å². The van der Waals surface area contributed by atoms with Crippen molar-refractivity contribution in [3.63, 3.8) is 0 Å². The van der Waals surface area contributed by atoms with E-state index in [9.17, 15) is 4.79 Å². The molecule has 0 fully saturated rings. The highest BCUT2D eigenvalue weighted by Gasteiger charge is 2.06. The maximum Gasteiger partial charge on any atom is 0.346 e. The lowest BCUT2D eigenvalue weighted by atomic mass is 10.1. The zero-order chi connectivity index (χ0) is 16.1. The molecule has 0 saturated heterocycles. The van der Waals surface area contributed by atoms with Gasteiger partial charge in [0.2, 0.25) is 0 Å². The van der Waals surface area contributed by atoms with Crippen LogP contribution >= 0.6 is 23.2 Å². The van der Waals surface area contributed by atoms with Crippen molar-refractivity contribution in [2.75, 3.05) is 0 Å². The Labute approximate surface area is 136 Å². The van der Waals surface area contributed by atoms with Gasteiger partial charge in [-0.25, -0.2) is 4.79 Å². The number of aliphatic carboxylic acids is 1. The highest BCUT2D eigenvalue weighted by molar-refractivity contribution is 6.35. The molecule has 0 atom stereocenters. The third kappa shape index (κ3) is 4.01. The molecule has 0 spiro atoms. The SMILES string of the molecule is N#CC(=Cc1ccc(Oc2ccc(Cl)cc2Cl)cc1)C(=O)O. The topological polar surface area (TPSA) is 70.3 Å². The average Bonchev–Trinajstić information content (AvgIpc) is 2.49. The van der Waals surface area contributed by atoms with Gasteiger partial charge in [-0.05, 0) is 42.0 Å². The zero-order valence-corrected chi connectivity index (χ0v) is 12.6. The van der Waals surface area contributed by atoms with Crippen molar-refractivity contribution in [3.8, 4) is 17.6 Å². The third-order valence-electron chi connectivity index (χ3n) is 2.66. The fourth-order valence-electron chi connectivity index (χ4n) is 1.63. The van der Waals surface area contributed by atoms with Crippen molar-refractivity contribution in [1.29, 1.82) is 5.26 Å². The minimum Gasteiger partial charge on any atom is -0.477 e. The van der Waals surface area contributed by atoms with Crippen LogP contribution in [-0.4, -0.2) is 11.1 Å². The Kier molecular flexibility index (Phi) is 5.05. The van der Waals surface area contributed by atoms with E-state index < -0.39 is 5.97 Å². The normalized spacial score (nSPS) is 10.9. The number of carboxylic acids is 1. The lowest BCUT2D eigenvalue weighted by molar-refractivity contribution is -0.132. The molecule has 0 aliphatic heterocycles. The summed E-state index contributed by atoms with van der Waals surface area (Å²) >= 11 is 11.8. The molecular weight excluding hydrogens is 325 g/mol. The van der Waals surface area contributed by atoms with E-state index in [1.165, 1.54) is 6.08 Å². The lowest BCUT2D eigenvalue weighted by Gasteiger charge is -2.08. The number of carboxylic acid groups (broad SMARTS) is 1. The summed E-state index contributed by atoms with van der Waals surface area (Å²) < 4.78 is 5.61. The van der Waals surface area contributed by atoms with E-state index in [2.05, 4.69) is 0 Å². The molecule has 0 bridgehead atoms. The van der Waals surface area contributed by atoms with Gasteiger partial charge >= 0.3 is 5.97 Å². The van der Waals surface area contributed by atoms with Gasteiger partial charge in [-0.15, -0.1) is 0 Å². The molecule has 2 aromatic carbocycles.